The van der Waals surface area contributed by atoms with Gasteiger partial charge in [-0.05, 0) is 78.2 Å². The standard InChI is InChI=1S/C27H38O/c1-3-5-6-7-21-8-11-24(12-9-21)25-13-15-26(16-14-25)27-17-10-22(18-19-28)20-23(27)4-2/h10,13-17,20-21,24,28H,3-9,11-12,18-19H2,1-2H3. The number of aliphatic hydroxyl groups excluding tert-OH is 1. The zero-order chi connectivity index (χ0) is 19.8. The van der Waals surface area contributed by atoms with E-state index < -0.39 is 0 Å². The number of aliphatic hydroxyl groups is 1. The van der Waals surface area contributed by atoms with Crippen molar-refractivity contribution in [3.05, 3.63) is 59.2 Å². The Bertz CT molecular complexity index is 708. The lowest BCUT2D eigenvalue weighted by Crippen LogP contribution is -2.13. The second-order valence-corrected chi connectivity index (χ2v) is 8.65. The Kier molecular flexibility index (Phi) is 8.15. The Morgan fingerprint density at radius 1 is 0.893 bits per heavy atom. The van der Waals surface area contributed by atoms with E-state index in [2.05, 4.69) is 56.3 Å². The zero-order valence-electron chi connectivity index (χ0n) is 17.9. The molecule has 0 heterocycles. The Balaban J connectivity index is 1.63. The molecule has 2 aromatic carbocycles. The monoisotopic (exact) mass is 378 g/mol. The van der Waals surface area contributed by atoms with Gasteiger partial charge >= 0.3 is 0 Å². The van der Waals surface area contributed by atoms with Crippen molar-refractivity contribution in [2.24, 2.45) is 5.92 Å². The van der Waals surface area contributed by atoms with Crippen LogP contribution in [0.2, 0.25) is 0 Å². The van der Waals surface area contributed by atoms with E-state index in [1.807, 2.05) is 0 Å². The minimum Gasteiger partial charge on any atom is -0.396 e. The summed E-state index contributed by atoms with van der Waals surface area (Å²) in [6, 6.07) is 16.1. The highest BCUT2D eigenvalue weighted by Gasteiger charge is 2.22. The Hall–Kier alpha value is -1.60. The van der Waals surface area contributed by atoms with Gasteiger partial charge in [0.15, 0.2) is 0 Å². The average molecular weight is 379 g/mol. The number of aryl methyl sites for hydroxylation is 1. The summed E-state index contributed by atoms with van der Waals surface area (Å²) in [6.07, 6.45) is 13.0. The Morgan fingerprint density at radius 2 is 1.64 bits per heavy atom. The maximum absolute atomic E-state index is 9.19. The molecule has 2 aromatic rings. The van der Waals surface area contributed by atoms with E-state index in [4.69, 9.17) is 0 Å². The van der Waals surface area contributed by atoms with E-state index in [1.54, 1.807) is 0 Å². The summed E-state index contributed by atoms with van der Waals surface area (Å²) in [5.74, 6) is 1.74. The van der Waals surface area contributed by atoms with Crippen LogP contribution in [0.4, 0.5) is 0 Å². The molecule has 1 N–H and O–H groups in total. The normalized spacial score (nSPS) is 19.7. The van der Waals surface area contributed by atoms with Gasteiger partial charge in [-0.1, -0.05) is 82.0 Å². The molecule has 152 valence electrons. The number of hydrogen-bond donors (Lipinski definition) is 1. The van der Waals surface area contributed by atoms with E-state index >= 15 is 0 Å². The topological polar surface area (TPSA) is 20.2 Å². The van der Waals surface area contributed by atoms with Crippen molar-refractivity contribution in [3.8, 4) is 11.1 Å². The van der Waals surface area contributed by atoms with Gasteiger partial charge in [0.2, 0.25) is 0 Å². The number of rotatable bonds is 9. The summed E-state index contributed by atoms with van der Waals surface area (Å²) in [5.41, 5.74) is 6.81. The molecule has 0 saturated heterocycles. The largest absolute Gasteiger partial charge is 0.396 e. The van der Waals surface area contributed by atoms with Gasteiger partial charge in [-0.25, -0.2) is 0 Å². The second-order valence-electron chi connectivity index (χ2n) is 8.65. The lowest BCUT2D eigenvalue weighted by molar-refractivity contribution is 0.299. The molecule has 0 radical (unpaired) electrons. The summed E-state index contributed by atoms with van der Waals surface area (Å²) in [5, 5.41) is 9.19. The lowest BCUT2D eigenvalue weighted by Gasteiger charge is -2.29. The smallest absolute Gasteiger partial charge is 0.0471 e. The van der Waals surface area contributed by atoms with Crippen LogP contribution in [0, 0.1) is 5.92 Å². The molecule has 0 unspecified atom stereocenters. The highest BCUT2D eigenvalue weighted by Crippen LogP contribution is 2.38. The van der Waals surface area contributed by atoms with Gasteiger partial charge in [0, 0.05) is 6.61 Å². The fourth-order valence-electron chi connectivity index (χ4n) is 4.91. The molecule has 1 aliphatic rings. The van der Waals surface area contributed by atoms with E-state index in [1.165, 1.54) is 79.2 Å². The van der Waals surface area contributed by atoms with Gasteiger partial charge in [-0.15, -0.1) is 0 Å². The van der Waals surface area contributed by atoms with Crippen molar-refractivity contribution < 1.29 is 5.11 Å². The first kappa shape index (κ1) is 21.1. The van der Waals surface area contributed by atoms with E-state index in [9.17, 15) is 5.11 Å². The van der Waals surface area contributed by atoms with Crippen molar-refractivity contribution in [2.75, 3.05) is 6.61 Å². The minimum absolute atomic E-state index is 0.220. The van der Waals surface area contributed by atoms with Crippen molar-refractivity contribution in [1.82, 2.24) is 0 Å². The Labute approximate surface area is 172 Å². The first-order valence-corrected chi connectivity index (χ1v) is 11.6. The van der Waals surface area contributed by atoms with Crippen LogP contribution in [0.15, 0.2) is 42.5 Å². The third-order valence-corrected chi connectivity index (χ3v) is 6.71. The first-order valence-electron chi connectivity index (χ1n) is 11.6. The van der Waals surface area contributed by atoms with Crippen molar-refractivity contribution in [3.63, 3.8) is 0 Å². The third kappa shape index (κ3) is 5.47. The van der Waals surface area contributed by atoms with Crippen LogP contribution in [0.5, 0.6) is 0 Å². The van der Waals surface area contributed by atoms with Crippen molar-refractivity contribution in [2.45, 2.75) is 84.0 Å². The molecule has 1 nitrogen and oxygen atoms in total. The summed E-state index contributed by atoms with van der Waals surface area (Å²) in [4.78, 5) is 0. The van der Waals surface area contributed by atoms with Crippen LogP contribution in [0.1, 0.15) is 87.8 Å². The molecule has 1 fully saturated rings. The quantitative estimate of drug-likeness (QED) is 0.454. The molecule has 0 aliphatic heterocycles. The number of unbranched alkanes of at least 4 members (excludes halogenated alkanes) is 2. The molecule has 3 rings (SSSR count). The highest BCUT2D eigenvalue weighted by atomic mass is 16.2. The third-order valence-electron chi connectivity index (χ3n) is 6.71. The van der Waals surface area contributed by atoms with Gasteiger partial charge in [-0.3, -0.25) is 0 Å². The minimum atomic E-state index is 0.220. The maximum Gasteiger partial charge on any atom is 0.0471 e. The molecule has 0 atom stereocenters. The van der Waals surface area contributed by atoms with Crippen LogP contribution in [-0.2, 0) is 12.8 Å². The van der Waals surface area contributed by atoms with Gasteiger partial charge in [0.1, 0.15) is 0 Å². The SMILES string of the molecule is CCCCCC1CCC(c2ccc(-c3ccc(CCO)cc3CC)cc2)CC1. The highest BCUT2D eigenvalue weighted by molar-refractivity contribution is 5.68. The van der Waals surface area contributed by atoms with Crippen molar-refractivity contribution in [1.29, 1.82) is 0 Å². The first-order chi connectivity index (χ1) is 13.7. The molecule has 0 aromatic heterocycles. The van der Waals surface area contributed by atoms with Crippen LogP contribution in [-0.4, -0.2) is 11.7 Å². The summed E-state index contributed by atoms with van der Waals surface area (Å²) >= 11 is 0. The second kappa shape index (κ2) is 10.8. The average Bonchev–Trinajstić information content (AvgIpc) is 2.75. The fourth-order valence-corrected chi connectivity index (χ4v) is 4.91. The predicted molar refractivity (Wildman–Crippen MR) is 121 cm³/mol. The molecule has 0 spiro atoms. The van der Waals surface area contributed by atoms with E-state index in [0.29, 0.717) is 0 Å². The summed E-state index contributed by atoms with van der Waals surface area (Å²) < 4.78 is 0. The molecular formula is C27H38O. The van der Waals surface area contributed by atoms with Crippen molar-refractivity contribution >= 4 is 0 Å². The molecule has 1 heteroatoms. The van der Waals surface area contributed by atoms with E-state index in [0.717, 1.165) is 24.7 Å². The number of hydrogen-bond acceptors (Lipinski definition) is 1. The van der Waals surface area contributed by atoms with Gasteiger partial charge in [0.25, 0.3) is 0 Å². The number of benzene rings is 2. The molecule has 1 saturated carbocycles. The molecule has 0 amide bonds. The predicted octanol–water partition coefficient (Wildman–Crippen LogP) is 7.30. The lowest BCUT2D eigenvalue weighted by atomic mass is 9.77. The van der Waals surface area contributed by atoms with Crippen LogP contribution in [0.3, 0.4) is 0 Å². The van der Waals surface area contributed by atoms with Crippen LogP contribution >= 0.6 is 0 Å². The van der Waals surface area contributed by atoms with Gasteiger partial charge in [0.05, 0.1) is 0 Å². The molecule has 0 bridgehead atoms. The molecule has 28 heavy (non-hydrogen) atoms. The van der Waals surface area contributed by atoms with Crippen LogP contribution < -0.4 is 0 Å². The summed E-state index contributed by atoms with van der Waals surface area (Å²) in [6.45, 7) is 4.74. The van der Waals surface area contributed by atoms with Gasteiger partial charge < -0.3 is 5.11 Å². The zero-order valence-corrected chi connectivity index (χ0v) is 17.9. The summed E-state index contributed by atoms with van der Waals surface area (Å²) in [7, 11) is 0. The Morgan fingerprint density at radius 3 is 2.29 bits per heavy atom. The van der Waals surface area contributed by atoms with Gasteiger partial charge in [-0.2, -0.15) is 0 Å². The fraction of sp³-hybridized carbons (Fsp3) is 0.556. The van der Waals surface area contributed by atoms with Crippen LogP contribution in [0.25, 0.3) is 11.1 Å². The maximum atomic E-state index is 9.19. The molecular weight excluding hydrogens is 340 g/mol. The molecule has 1 aliphatic carbocycles. The van der Waals surface area contributed by atoms with E-state index in [-0.39, 0.29) is 6.61 Å².